The molecule has 2 atom stereocenters. The van der Waals surface area contributed by atoms with Crippen LogP contribution in [0.5, 0.6) is 0 Å². The van der Waals surface area contributed by atoms with Gasteiger partial charge in [-0.15, -0.1) is 0 Å². The normalized spacial score (nSPS) is 18.1. The molecule has 0 radical (unpaired) electrons. The van der Waals surface area contributed by atoms with Crippen molar-refractivity contribution in [1.82, 2.24) is 5.32 Å². The second-order valence-corrected chi connectivity index (χ2v) is 6.75. The van der Waals surface area contributed by atoms with Crippen LogP contribution in [0.15, 0.2) is 48.5 Å². The van der Waals surface area contributed by atoms with Gasteiger partial charge in [0.2, 0.25) is 6.10 Å². The Kier molecular flexibility index (Phi) is 5.92. The van der Waals surface area contributed by atoms with Gasteiger partial charge in [-0.2, -0.15) is 13.2 Å². The molecular weight excluding hydrogens is 381 g/mol. The average Bonchev–Trinajstić information content (AvgIpc) is 3.15. The molecular formula is C19H18ClF3N2O2. The number of carbonyl (C=O) groups is 1. The van der Waals surface area contributed by atoms with Crippen LogP contribution in [0.1, 0.15) is 29.6 Å². The number of benzene rings is 2. The summed E-state index contributed by atoms with van der Waals surface area (Å²) in [6.07, 6.45) is -7.27. The minimum Gasteiger partial charge on any atom is -0.431 e. The summed E-state index contributed by atoms with van der Waals surface area (Å²) in [7, 11) is 0. The van der Waals surface area contributed by atoms with Crippen LogP contribution in [0.3, 0.4) is 0 Å². The molecule has 0 aromatic heterocycles. The monoisotopic (exact) mass is 398 g/mol. The lowest BCUT2D eigenvalue weighted by Crippen LogP contribution is -2.28. The summed E-state index contributed by atoms with van der Waals surface area (Å²) in [5.74, 6) is 0.408. The maximum absolute atomic E-state index is 13.3. The molecule has 27 heavy (non-hydrogen) atoms. The molecule has 0 aliphatic carbocycles. The molecule has 0 unspecified atom stereocenters. The number of amides is 1. The SMILES string of the molecule is O=C(Nc1ccc([C@H]2CCNC2)cc1)O[C@H](c1ccc(Cl)cc1)C(F)(F)F. The van der Waals surface area contributed by atoms with Gasteiger partial charge in [-0.25, -0.2) is 4.79 Å². The van der Waals surface area contributed by atoms with Crippen LogP contribution in [0, 0.1) is 0 Å². The molecule has 2 N–H and O–H groups in total. The topological polar surface area (TPSA) is 50.4 Å². The molecule has 2 aromatic carbocycles. The second-order valence-electron chi connectivity index (χ2n) is 6.32. The van der Waals surface area contributed by atoms with Gasteiger partial charge in [-0.05, 0) is 48.7 Å². The second kappa shape index (κ2) is 8.19. The van der Waals surface area contributed by atoms with Crippen molar-refractivity contribution in [2.75, 3.05) is 18.4 Å². The fraction of sp³-hybridized carbons (Fsp3) is 0.316. The maximum Gasteiger partial charge on any atom is 0.429 e. The van der Waals surface area contributed by atoms with E-state index in [0.717, 1.165) is 25.1 Å². The van der Waals surface area contributed by atoms with E-state index in [-0.39, 0.29) is 5.56 Å². The molecule has 3 rings (SSSR count). The van der Waals surface area contributed by atoms with Crippen LogP contribution >= 0.6 is 11.6 Å². The molecule has 0 bridgehead atoms. The number of halogens is 4. The van der Waals surface area contributed by atoms with Gasteiger partial charge in [0.15, 0.2) is 0 Å². The van der Waals surface area contributed by atoms with Crippen molar-refractivity contribution in [3.05, 3.63) is 64.7 Å². The number of hydrogen-bond acceptors (Lipinski definition) is 3. The summed E-state index contributed by atoms with van der Waals surface area (Å²) in [6, 6.07) is 12.0. The third-order valence-electron chi connectivity index (χ3n) is 4.38. The van der Waals surface area contributed by atoms with E-state index in [2.05, 4.69) is 15.4 Å². The van der Waals surface area contributed by atoms with Crippen molar-refractivity contribution in [3.8, 4) is 0 Å². The average molecular weight is 399 g/mol. The molecule has 1 saturated heterocycles. The number of anilines is 1. The highest BCUT2D eigenvalue weighted by Gasteiger charge is 2.44. The lowest BCUT2D eigenvalue weighted by atomic mass is 9.98. The summed E-state index contributed by atoms with van der Waals surface area (Å²) >= 11 is 5.70. The molecule has 8 heteroatoms. The minimum atomic E-state index is -4.75. The van der Waals surface area contributed by atoms with Crippen LogP contribution in [0.25, 0.3) is 0 Å². The number of hydrogen-bond donors (Lipinski definition) is 2. The van der Waals surface area contributed by atoms with Crippen molar-refractivity contribution in [3.63, 3.8) is 0 Å². The first-order chi connectivity index (χ1) is 12.8. The summed E-state index contributed by atoms with van der Waals surface area (Å²) in [4.78, 5) is 12.0. The van der Waals surface area contributed by atoms with Crippen molar-refractivity contribution < 1.29 is 22.7 Å². The van der Waals surface area contributed by atoms with E-state index in [9.17, 15) is 18.0 Å². The Hall–Kier alpha value is -2.25. The largest absolute Gasteiger partial charge is 0.431 e. The van der Waals surface area contributed by atoms with Crippen LogP contribution < -0.4 is 10.6 Å². The van der Waals surface area contributed by atoms with Gasteiger partial charge in [0.1, 0.15) is 0 Å². The molecule has 0 saturated carbocycles. The van der Waals surface area contributed by atoms with Crippen molar-refractivity contribution >= 4 is 23.4 Å². The number of nitrogens with one attached hydrogen (secondary N) is 2. The fourth-order valence-corrected chi connectivity index (χ4v) is 3.12. The van der Waals surface area contributed by atoms with Crippen LogP contribution in [0.4, 0.5) is 23.7 Å². The maximum atomic E-state index is 13.3. The third-order valence-corrected chi connectivity index (χ3v) is 4.64. The van der Waals surface area contributed by atoms with Crippen molar-refractivity contribution in [1.29, 1.82) is 0 Å². The molecule has 4 nitrogen and oxygen atoms in total. The molecule has 1 aliphatic heterocycles. The van der Waals surface area contributed by atoms with Crippen LogP contribution in [-0.2, 0) is 4.74 Å². The van der Waals surface area contributed by atoms with Crippen LogP contribution in [-0.4, -0.2) is 25.4 Å². The lowest BCUT2D eigenvalue weighted by Gasteiger charge is -2.21. The lowest BCUT2D eigenvalue weighted by molar-refractivity contribution is -0.205. The third kappa shape index (κ3) is 5.14. The van der Waals surface area contributed by atoms with E-state index >= 15 is 0 Å². The predicted molar refractivity (Wildman–Crippen MR) is 97.0 cm³/mol. The van der Waals surface area contributed by atoms with Gasteiger partial charge < -0.3 is 10.1 Å². The highest BCUT2D eigenvalue weighted by atomic mass is 35.5. The smallest absolute Gasteiger partial charge is 0.429 e. The van der Waals surface area contributed by atoms with E-state index in [1.54, 1.807) is 12.1 Å². The van der Waals surface area contributed by atoms with Gasteiger partial charge >= 0.3 is 12.3 Å². The molecule has 1 heterocycles. The van der Waals surface area contributed by atoms with E-state index in [4.69, 9.17) is 11.6 Å². The zero-order valence-electron chi connectivity index (χ0n) is 14.2. The van der Waals surface area contributed by atoms with Gasteiger partial charge in [0, 0.05) is 22.8 Å². The van der Waals surface area contributed by atoms with E-state index < -0.39 is 18.4 Å². The zero-order valence-corrected chi connectivity index (χ0v) is 15.0. The van der Waals surface area contributed by atoms with Gasteiger partial charge in [0.25, 0.3) is 0 Å². The Morgan fingerprint density at radius 1 is 1.15 bits per heavy atom. The van der Waals surface area contributed by atoms with Crippen molar-refractivity contribution in [2.45, 2.75) is 24.6 Å². The molecule has 2 aromatic rings. The Bertz CT molecular complexity index is 773. The van der Waals surface area contributed by atoms with Gasteiger partial charge in [-0.1, -0.05) is 35.9 Å². The number of carbonyl (C=O) groups excluding carboxylic acids is 1. The van der Waals surface area contributed by atoms with Crippen LogP contribution in [0.2, 0.25) is 5.02 Å². The molecule has 1 fully saturated rings. The van der Waals surface area contributed by atoms with Gasteiger partial charge in [0.05, 0.1) is 0 Å². The van der Waals surface area contributed by atoms with E-state index in [1.165, 1.54) is 24.3 Å². The number of alkyl halides is 3. The summed E-state index contributed by atoms with van der Waals surface area (Å²) < 4.78 is 44.5. The summed E-state index contributed by atoms with van der Waals surface area (Å²) in [5.41, 5.74) is 1.28. The summed E-state index contributed by atoms with van der Waals surface area (Å²) in [5, 5.41) is 5.90. The number of rotatable bonds is 4. The van der Waals surface area contributed by atoms with E-state index in [1.807, 2.05) is 12.1 Å². The molecule has 1 aliphatic rings. The highest BCUT2D eigenvalue weighted by Crippen LogP contribution is 2.36. The predicted octanol–water partition coefficient (Wildman–Crippen LogP) is 5.27. The van der Waals surface area contributed by atoms with E-state index in [0.29, 0.717) is 16.6 Å². The first-order valence-corrected chi connectivity index (χ1v) is 8.81. The first kappa shape index (κ1) is 19.5. The zero-order chi connectivity index (χ0) is 19.4. The highest BCUT2D eigenvalue weighted by molar-refractivity contribution is 6.30. The Morgan fingerprint density at radius 2 is 1.81 bits per heavy atom. The molecule has 0 spiro atoms. The molecule has 144 valence electrons. The minimum absolute atomic E-state index is 0.203. The first-order valence-electron chi connectivity index (χ1n) is 8.43. The summed E-state index contributed by atoms with van der Waals surface area (Å²) in [6.45, 7) is 1.85. The standard InChI is InChI=1S/C19H18ClF3N2O2/c20-15-5-1-13(2-6-15)17(19(21,22)23)27-18(26)25-16-7-3-12(4-8-16)14-9-10-24-11-14/h1-8,14,17,24H,9-11H2,(H,25,26)/t14-,17+/m0/s1. The Balaban J connectivity index is 1.66. The van der Waals surface area contributed by atoms with Crippen molar-refractivity contribution in [2.24, 2.45) is 0 Å². The Morgan fingerprint density at radius 3 is 2.37 bits per heavy atom. The Labute approximate surface area is 159 Å². The molecule has 1 amide bonds. The van der Waals surface area contributed by atoms with Gasteiger partial charge in [-0.3, -0.25) is 5.32 Å². The fourth-order valence-electron chi connectivity index (χ4n) is 2.99. The quantitative estimate of drug-likeness (QED) is 0.737. The number of ether oxygens (including phenoxy) is 1.